The summed E-state index contributed by atoms with van der Waals surface area (Å²) in [6.45, 7) is 6.35. The Morgan fingerprint density at radius 1 is 0.773 bits per heavy atom. The van der Waals surface area contributed by atoms with E-state index >= 15 is 0 Å². The van der Waals surface area contributed by atoms with Crippen LogP contribution in [0.15, 0.2) is 0 Å². The molecular formula is C21H34O. The number of rotatable bonds is 0. The summed E-state index contributed by atoms with van der Waals surface area (Å²) in [5.41, 5.74) is 1.52. The smallest absolute Gasteiger partial charge is 0.0760 e. The highest BCUT2D eigenvalue weighted by Gasteiger charge is 2.66. The molecule has 1 heteroatoms. The predicted molar refractivity (Wildman–Crippen MR) is 89.6 cm³/mol. The molecule has 5 fully saturated rings. The second-order valence-corrected chi connectivity index (χ2v) is 9.99. The van der Waals surface area contributed by atoms with E-state index in [9.17, 15) is 0 Å². The van der Waals surface area contributed by atoms with E-state index < -0.39 is 0 Å². The van der Waals surface area contributed by atoms with E-state index in [1.54, 1.807) is 6.42 Å². The van der Waals surface area contributed by atoms with Crippen LogP contribution in [0.3, 0.4) is 0 Å². The van der Waals surface area contributed by atoms with Gasteiger partial charge in [-0.3, -0.25) is 0 Å². The lowest BCUT2D eigenvalue weighted by Crippen LogP contribution is -2.59. The highest BCUT2D eigenvalue weighted by molar-refractivity contribution is 5.16. The number of hydrogen-bond donors (Lipinski definition) is 0. The zero-order chi connectivity index (χ0) is 15.0. The third kappa shape index (κ3) is 1.55. The van der Waals surface area contributed by atoms with Crippen LogP contribution in [0.25, 0.3) is 0 Å². The minimum atomic E-state index is 0.312. The van der Waals surface area contributed by atoms with Crippen molar-refractivity contribution in [2.24, 2.45) is 34.5 Å². The molecule has 22 heavy (non-hydrogen) atoms. The van der Waals surface area contributed by atoms with E-state index in [2.05, 4.69) is 13.8 Å². The fourth-order valence-electron chi connectivity index (χ4n) is 8.38. The van der Waals surface area contributed by atoms with Crippen molar-refractivity contribution in [3.05, 3.63) is 0 Å². The quantitative estimate of drug-likeness (QED) is 0.567. The molecular weight excluding hydrogens is 268 g/mol. The molecule has 1 nitrogen and oxygen atoms in total. The molecule has 0 aromatic carbocycles. The third-order valence-electron chi connectivity index (χ3n) is 9.76. The Morgan fingerprint density at radius 3 is 2.36 bits per heavy atom. The Kier molecular flexibility index (Phi) is 2.94. The van der Waals surface area contributed by atoms with Crippen LogP contribution in [0.5, 0.6) is 0 Å². The van der Waals surface area contributed by atoms with Gasteiger partial charge in [-0.05, 0) is 85.9 Å². The average molecular weight is 303 g/mol. The molecule has 4 unspecified atom stereocenters. The summed E-state index contributed by atoms with van der Waals surface area (Å²) in [6, 6.07) is 0. The van der Waals surface area contributed by atoms with Crippen molar-refractivity contribution < 1.29 is 4.74 Å². The van der Waals surface area contributed by atoms with Crippen molar-refractivity contribution >= 4 is 0 Å². The van der Waals surface area contributed by atoms with Gasteiger partial charge in [0.2, 0.25) is 0 Å². The van der Waals surface area contributed by atoms with E-state index in [1.165, 1.54) is 64.2 Å². The summed E-state index contributed by atoms with van der Waals surface area (Å²) >= 11 is 0. The van der Waals surface area contributed by atoms with Gasteiger partial charge in [-0.2, -0.15) is 0 Å². The molecule has 0 radical (unpaired) electrons. The van der Waals surface area contributed by atoms with Crippen molar-refractivity contribution in [1.82, 2.24) is 0 Å². The Balaban J connectivity index is 1.47. The highest BCUT2D eigenvalue weighted by Crippen LogP contribution is 2.70. The van der Waals surface area contributed by atoms with Gasteiger partial charge in [0.1, 0.15) is 0 Å². The molecule has 0 aromatic rings. The first-order valence-corrected chi connectivity index (χ1v) is 10.2. The fourth-order valence-corrected chi connectivity index (χ4v) is 8.38. The second kappa shape index (κ2) is 4.52. The second-order valence-electron chi connectivity index (χ2n) is 9.99. The van der Waals surface area contributed by atoms with Gasteiger partial charge < -0.3 is 4.74 Å². The van der Waals surface area contributed by atoms with Gasteiger partial charge in [0, 0.05) is 6.42 Å². The number of ether oxygens (including phenoxy) is 1. The molecule has 0 aromatic heterocycles. The summed E-state index contributed by atoms with van der Waals surface area (Å²) in [6.07, 6.45) is 16.3. The summed E-state index contributed by atoms with van der Waals surface area (Å²) in [5.74, 6) is 4.11. The van der Waals surface area contributed by atoms with Crippen molar-refractivity contribution in [3.63, 3.8) is 0 Å². The van der Waals surface area contributed by atoms with Crippen LogP contribution in [0, 0.1) is 34.5 Å². The Bertz CT molecular complexity index is 465. The molecule has 0 N–H and O–H groups in total. The van der Waals surface area contributed by atoms with E-state index in [-0.39, 0.29) is 0 Å². The summed E-state index contributed by atoms with van der Waals surface area (Å²) in [5, 5.41) is 0. The molecule has 5 rings (SSSR count). The van der Waals surface area contributed by atoms with Crippen molar-refractivity contribution in [2.45, 2.75) is 90.1 Å². The van der Waals surface area contributed by atoms with Crippen LogP contribution in [0.1, 0.15) is 84.5 Å². The van der Waals surface area contributed by atoms with Crippen LogP contribution in [-0.4, -0.2) is 12.2 Å². The van der Waals surface area contributed by atoms with Gasteiger partial charge in [-0.15, -0.1) is 0 Å². The van der Waals surface area contributed by atoms with Gasteiger partial charge >= 0.3 is 0 Å². The van der Waals surface area contributed by atoms with Crippen LogP contribution in [0.2, 0.25) is 0 Å². The molecule has 1 heterocycles. The minimum Gasteiger partial charge on any atom is -0.374 e. The molecule has 1 spiro atoms. The lowest BCUT2D eigenvalue weighted by atomic mass is 9.44. The largest absolute Gasteiger partial charge is 0.374 e. The maximum absolute atomic E-state index is 6.26. The number of fused-ring (bicyclic) bond motifs is 6. The van der Waals surface area contributed by atoms with Gasteiger partial charge in [-0.25, -0.2) is 0 Å². The molecule has 1 saturated heterocycles. The standard InChI is InChI=1S/C21H34O/c1-19-10-4-3-5-15(19)6-7-16-17(19)8-11-20(2)18(16)9-12-21(20)13-14-22-21/h15-18H,3-14H2,1-2H3/t15?,16?,17?,18?,19-,20-,21+/m0/s1. The third-order valence-corrected chi connectivity index (χ3v) is 9.76. The van der Waals surface area contributed by atoms with E-state index in [4.69, 9.17) is 4.74 Å². The van der Waals surface area contributed by atoms with Gasteiger partial charge in [0.25, 0.3) is 0 Å². The molecule has 7 atom stereocenters. The lowest BCUT2D eigenvalue weighted by molar-refractivity contribution is -0.231. The molecule has 124 valence electrons. The zero-order valence-electron chi connectivity index (χ0n) is 14.7. The Labute approximate surface area is 136 Å². The molecule has 5 aliphatic rings. The van der Waals surface area contributed by atoms with Gasteiger partial charge in [0.05, 0.1) is 12.2 Å². The molecule has 0 amide bonds. The Hall–Kier alpha value is -0.0400. The monoisotopic (exact) mass is 302 g/mol. The zero-order valence-corrected chi connectivity index (χ0v) is 14.7. The summed E-state index contributed by atoms with van der Waals surface area (Å²) < 4.78 is 6.26. The van der Waals surface area contributed by atoms with Crippen LogP contribution < -0.4 is 0 Å². The maximum atomic E-state index is 6.26. The first-order chi connectivity index (χ1) is 10.6. The van der Waals surface area contributed by atoms with Gasteiger partial charge in [0.15, 0.2) is 0 Å². The highest BCUT2D eigenvalue weighted by atomic mass is 16.5. The lowest BCUT2D eigenvalue weighted by Gasteiger charge is -2.63. The summed E-state index contributed by atoms with van der Waals surface area (Å²) in [4.78, 5) is 0. The van der Waals surface area contributed by atoms with E-state index in [0.29, 0.717) is 16.4 Å². The molecule has 4 saturated carbocycles. The maximum Gasteiger partial charge on any atom is 0.0760 e. The topological polar surface area (TPSA) is 9.23 Å². The SMILES string of the molecule is C[C@]12CCCCC1CCC1C2CC[C@@]2(C)C1CC[C@@]21CCO1. The number of hydrogen-bond acceptors (Lipinski definition) is 1. The molecule has 1 aliphatic heterocycles. The predicted octanol–water partition coefficient (Wildman–Crippen LogP) is 5.58. The van der Waals surface area contributed by atoms with Crippen LogP contribution in [-0.2, 0) is 4.74 Å². The molecule has 0 bridgehead atoms. The van der Waals surface area contributed by atoms with Crippen molar-refractivity contribution in [3.8, 4) is 0 Å². The van der Waals surface area contributed by atoms with E-state index in [1.807, 2.05) is 0 Å². The Morgan fingerprint density at radius 2 is 1.59 bits per heavy atom. The van der Waals surface area contributed by atoms with Crippen LogP contribution >= 0.6 is 0 Å². The normalized spacial score (nSPS) is 60.3. The first-order valence-electron chi connectivity index (χ1n) is 10.2. The molecule has 4 aliphatic carbocycles. The average Bonchev–Trinajstić information content (AvgIpc) is 2.79. The van der Waals surface area contributed by atoms with Crippen molar-refractivity contribution in [2.75, 3.05) is 6.61 Å². The minimum absolute atomic E-state index is 0.312. The summed E-state index contributed by atoms with van der Waals surface area (Å²) in [7, 11) is 0. The van der Waals surface area contributed by atoms with Crippen molar-refractivity contribution in [1.29, 1.82) is 0 Å². The first kappa shape index (κ1) is 14.3. The van der Waals surface area contributed by atoms with E-state index in [0.717, 1.165) is 30.3 Å². The van der Waals surface area contributed by atoms with Gasteiger partial charge in [-0.1, -0.05) is 26.7 Å². The van der Waals surface area contributed by atoms with Crippen LogP contribution in [0.4, 0.5) is 0 Å². The fraction of sp³-hybridized carbons (Fsp3) is 1.00.